The highest BCUT2D eigenvalue weighted by Crippen LogP contribution is 2.34. The lowest BCUT2D eigenvalue weighted by Gasteiger charge is -2.40. The lowest BCUT2D eigenvalue weighted by molar-refractivity contribution is -0.0959. The maximum atomic E-state index is 10.1. The van der Waals surface area contributed by atoms with Crippen LogP contribution in [0.4, 0.5) is 0 Å². The molecule has 0 aliphatic rings. The molecule has 0 aliphatic heterocycles. The first kappa shape index (κ1) is 15.8. The van der Waals surface area contributed by atoms with Crippen molar-refractivity contribution >= 4 is 0 Å². The van der Waals surface area contributed by atoms with Crippen molar-refractivity contribution in [3.05, 3.63) is 0 Å². The molecule has 0 aromatic rings. The predicted molar refractivity (Wildman–Crippen MR) is 62.9 cm³/mol. The van der Waals surface area contributed by atoms with Gasteiger partial charge in [-0.15, -0.1) is 0 Å². The van der Waals surface area contributed by atoms with Gasteiger partial charge in [0.2, 0.25) is 0 Å². The van der Waals surface area contributed by atoms with Gasteiger partial charge in [-0.2, -0.15) is 0 Å². The van der Waals surface area contributed by atoms with E-state index in [1.165, 1.54) is 6.92 Å². The average molecular weight is 234 g/mol. The van der Waals surface area contributed by atoms with Crippen LogP contribution in [0.25, 0.3) is 0 Å². The molecule has 0 saturated carbocycles. The van der Waals surface area contributed by atoms with Crippen LogP contribution in [-0.2, 0) is 0 Å². The second-order valence-electron chi connectivity index (χ2n) is 5.43. The normalized spacial score (nSPS) is 22.3. The molecule has 0 heterocycles. The standard InChI is InChI=1S/C12H26O4/c1-7(6-13)10(12(4,5)16)8(2)11(15)9(3)14/h7-11,13-16H,6H2,1-5H3. The van der Waals surface area contributed by atoms with Crippen molar-refractivity contribution < 1.29 is 20.4 Å². The fourth-order valence-corrected chi connectivity index (χ4v) is 2.62. The number of hydrogen-bond acceptors (Lipinski definition) is 4. The number of rotatable bonds is 6. The van der Waals surface area contributed by atoms with Crippen LogP contribution >= 0.6 is 0 Å². The number of aliphatic hydroxyl groups excluding tert-OH is 3. The van der Waals surface area contributed by atoms with Crippen LogP contribution in [0.15, 0.2) is 0 Å². The Morgan fingerprint density at radius 2 is 1.50 bits per heavy atom. The molecule has 0 amide bonds. The van der Waals surface area contributed by atoms with Gasteiger partial charge in [0, 0.05) is 6.61 Å². The van der Waals surface area contributed by atoms with E-state index in [0.717, 1.165) is 0 Å². The van der Waals surface area contributed by atoms with Gasteiger partial charge in [0.15, 0.2) is 0 Å². The molecule has 0 fully saturated rings. The van der Waals surface area contributed by atoms with E-state index in [0.29, 0.717) is 0 Å². The number of aliphatic hydroxyl groups is 4. The van der Waals surface area contributed by atoms with Gasteiger partial charge >= 0.3 is 0 Å². The zero-order chi connectivity index (χ0) is 13.1. The Hall–Kier alpha value is -0.160. The predicted octanol–water partition coefficient (Wildman–Crippen LogP) is 0.380. The van der Waals surface area contributed by atoms with Crippen LogP contribution in [0.5, 0.6) is 0 Å². The van der Waals surface area contributed by atoms with Gasteiger partial charge < -0.3 is 20.4 Å². The summed E-state index contributed by atoms with van der Waals surface area (Å²) in [7, 11) is 0. The first-order chi connectivity index (χ1) is 7.12. The van der Waals surface area contributed by atoms with Crippen LogP contribution in [0.2, 0.25) is 0 Å². The summed E-state index contributed by atoms with van der Waals surface area (Å²) in [6.07, 6.45) is -1.74. The molecule has 0 aromatic carbocycles. The summed E-state index contributed by atoms with van der Waals surface area (Å²) in [5.74, 6) is -0.701. The van der Waals surface area contributed by atoms with Gasteiger partial charge in [0.05, 0.1) is 17.8 Å². The molecule has 5 atom stereocenters. The highest BCUT2D eigenvalue weighted by molar-refractivity contribution is 4.89. The maximum Gasteiger partial charge on any atom is 0.0825 e. The molecule has 0 radical (unpaired) electrons. The lowest BCUT2D eigenvalue weighted by atomic mass is 9.71. The Bertz CT molecular complexity index is 198. The van der Waals surface area contributed by atoms with Crippen molar-refractivity contribution in [1.82, 2.24) is 0 Å². The monoisotopic (exact) mass is 234 g/mol. The Labute approximate surface area is 97.9 Å². The zero-order valence-corrected chi connectivity index (χ0v) is 10.9. The average Bonchev–Trinajstić information content (AvgIpc) is 2.13. The van der Waals surface area contributed by atoms with E-state index in [2.05, 4.69) is 0 Å². The Morgan fingerprint density at radius 3 is 1.75 bits per heavy atom. The largest absolute Gasteiger partial charge is 0.396 e. The third-order valence-electron chi connectivity index (χ3n) is 3.32. The second-order valence-corrected chi connectivity index (χ2v) is 5.43. The molecule has 98 valence electrons. The van der Waals surface area contributed by atoms with Crippen LogP contribution in [0, 0.1) is 17.8 Å². The molecule has 0 rings (SSSR count). The molecule has 16 heavy (non-hydrogen) atoms. The van der Waals surface area contributed by atoms with Gasteiger partial charge in [-0.05, 0) is 38.5 Å². The third kappa shape index (κ3) is 4.01. The van der Waals surface area contributed by atoms with E-state index in [4.69, 9.17) is 0 Å². The summed E-state index contributed by atoms with van der Waals surface area (Å²) < 4.78 is 0. The third-order valence-corrected chi connectivity index (χ3v) is 3.32. The van der Waals surface area contributed by atoms with Gasteiger partial charge in [-0.1, -0.05) is 13.8 Å². The van der Waals surface area contributed by atoms with Gasteiger partial charge in [-0.3, -0.25) is 0 Å². The van der Waals surface area contributed by atoms with Crippen LogP contribution in [-0.4, -0.2) is 44.8 Å². The minimum Gasteiger partial charge on any atom is -0.396 e. The first-order valence-corrected chi connectivity index (χ1v) is 5.82. The van der Waals surface area contributed by atoms with Gasteiger partial charge in [-0.25, -0.2) is 0 Å². The SMILES string of the molecule is CC(O)C(O)C(C)C(C(C)CO)C(C)(C)O. The molecule has 0 spiro atoms. The van der Waals surface area contributed by atoms with Crippen molar-refractivity contribution in [2.75, 3.05) is 6.61 Å². The van der Waals surface area contributed by atoms with Gasteiger partial charge in [0.25, 0.3) is 0 Å². The quantitative estimate of drug-likeness (QED) is 0.535. The van der Waals surface area contributed by atoms with E-state index in [9.17, 15) is 20.4 Å². The highest BCUT2D eigenvalue weighted by Gasteiger charge is 2.39. The van der Waals surface area contributed by atoms with E-state index in [-0.39, 0.29) is 24.4 Å². The van der Waals surface area contributed by atoms with E-state index in [1.54, 1.807) is 20.8 Å². The fraction of sp³-hybridized carbons (Fsp3) is 1.00. The molecule has 0 aromatic heterocycles. The molecule has 0 bridgehead atoms. The van der Waals surface area contributed by atoms with Crippen molar-refractivity contribution in [2.24, 2.45) is 17.8 Å². The smallest absolute Gasteiger partial charge is 0.0825 e. The minimum atomic E-state index is -1.00. The van der Waals surface area contributed by atoms with Crippen LogP contribution in [0.1, 0.15) is 34.6 Å². The van der Waals surface area contributed by atoms with E-state index < -0.39 is 17.8 Å². The van der Waals surface area contributed by atoms with Crippen LogP contribution in [0.3, 0.4) is 0 Å². The number of hydrogen-bond donors (Lipinski definition) is 4. The summed E-state index contributed by atoms with van der Waals surface area (Å²) in [6, 6.07) is 0. The summed E-state index contributed by atoms with van der Waals surface area (Å²) >= 11 is 0. The summed E-state index contributed by atoms with van der Waals surface area (Å²) in [5, 5.41) is 38.5. The molecule has 0 saturated heterocycles. The van der Waals surface area contributed by atoms with Crippen molar-refractivity contribution in [3.8, 4) is 0 Å². The Balaban J connectivity index is 4.90. The zero-order valence-electron chi connectivity index (χ0n) is 10.9. The second kappa shape index (κ2) is 5.96. The molecule has 4 heteroatoms. The highest BCUT2D eigenvalue weighted by atomic mass is 16.3. The summed E-state index contributed by atoms with van der Waals surface area (Å²) in [5.41, 5.74) is -1.00. The van der Waals surface area contributed by atoms with Crippen molar-refractivity contribution in [2.45, 2.75) is 52.4 Å². The molecule has 5 unspecified atom stereocenters. The maximum absolute atomic E-state index is 10.1. The van der Waals surface area contributed by atoms with Gasteiger partial charge in [0.1, 0.15) is 0 Å². The van der Waals surface area contributed by atoms with Crippen LogP contribution < -0.4 is 0 Å². The molecular weight excluding hydrogens is 208 g/mol. The molecule has 4 N–H and O–H groups in total. The van der Waals surface area contributed by atoms with Crippen molar-refractivity contribution in [3.63, 3.8) is 0 Å². The van der Waals surface area contributed by atoms with E-state index in [1.807, 2.05) is 6.92 Å². The minimum absolute atomic E-state index is 0.0501. The summed E-state index contributed by atoms with van der Waals surface area (Å²) in [4.78, 5) is 0. The summed E-state index contributed by atoms with van der Waals surface area (Å²) in [6.45, 7) is 8.40. The van der Waals surface area contributed by atoms with E-state index >= 15 is 0 Å². The topological polar surface area (TPSA) is 80.9 Å². The molecule has 4 nitrogen and oxygen atoms in total. The Morgan fingerprint density at radius 1 is 1.06 bits per heavy atom. The Kier molecular flexibility index (Phi) is 5.90. The molecular formula is C12H26O4. The molecule has 0 aliphatic carbocycles. The fourth-order valence-electron chi connectivity index (χ4n) is 2.62. The van der Waals surface area contributed by atoms with Crippen molar-refractivity contribution in [1.29, 1.82) is 0 Å². The first-order valence-electron chi connectivity index (χ1n) is 5.82. The lowest BCUT2D eigenvalue weighted by Crippen LogP contribution is -2.47.